The Balaban J connectivity index is 1.72. The van der Waals surface area contributed by atoms with Gasteiger partial charge in [-0.2, -0.15) is 13.2 Å². The number of rotatable bonds is 3. The summed E-state index contributed by atoms with van der Waals surface area (Å²) in [5.41, 5.74) is -0.239. The molecule has 0 saturated carbocycles. The number of alkyl halides is 3. The Morgan fingerprint density at radius 2 is 1.87 bits per heavy atom. The topological polar surface area (TPSA) is 102 Å². The third-order valence-electron chi connectivity index (χ3n) is 4.47. The number of anilines is 1. The van der Waals surface area contributed by atoms with Crippen LogP contribution in [-0.2, 0) is 20.6 Å². The summed E-state index contributed by atoms with van der Waals surface area (Å²) < 4.78 is 38.7. The zero-order valence-corrected chi connectivity index (χ0v) is 16.2. The van der Waals surface area contributed by atoms with Crippen LogP contribution >= 0.6 is 11.8 Å². The van der Waals surface area contributed by atoms with Crippen LogP contribution in [0.1, 0.15) is 11.1 Å². The maximum Gasteiger partial charge on any atom is 0.416 e. The summed E-state index contributed by atoms with van der Waals surface area (Å²) in [6, 6.07) is 10.6. The van der Waals surface area contributed by atoms with Crippen molar-refractivity contribution in [3.8, 4) is 0 Å². The van der Waals surface area contributed by atoms with E-state index in [2.05, 4.69) is 10.3 Å². The minimum Gasteiger partial charge on any atom is -0.548 e. The fourth-order valence-electron chi connectivity index (χ4n) is 3.19. The van der Waals surface area contributed by atoms with Gasteiger partial charge in [-0.3, -0.25) is 9.59 Å². The van der Waals surface area contributed by atoms with Crippen molar-refractivity contribution in [1.29, 1.82) is 0 Å². The predicted octanol–water partition coefficient (Wildman–Crippen LogP) is 2.06. The summed E-state index contributed by atoms with van der Waals surface area (Å²) >= 11 is 0.790. The molecular formula is C20H11F3N3O4S-. The van der Waals surface area contributed by atoms with E-state index in [0.29, 0.717) is 11.3 Å². The molecule has 1 saturated heterocycles. The van der Waals surface area contributed by atoms with Crippen molar-refractivity contribution in [2.24, 2.45) is 4.99 Å². The van der Waals surface area contributed by atoms with E-state index in [9.17, 15) is 32.7 Å². The second-order valence-corrected chi connectivity index (χ2v) is 7.50. The summed E-state index contributed by atoms with van der Waals surface area (Å²) in [5, 5.41) is 13.5. The van der Waals surface area contributed by atoms with Gasteiger partial charge in [-0.15, -0.1) is 0 Å². The van der Waals surface area contributed by atoms with Gasteiger partial charge >= 0.3 is 6.18 Å². The van der Waals surface area contributed by atoms with Gasteiger partial charge in [0, 0.05) is 5.56 Å². The number of amides is 2. The molecule has 2 heterocycles. The molecule has 0 unspecified atom stereocenters. The normalized spacial score (nSPS) is 19.7. The lowest BCUT2D eigenvalue weighted by Crippen LogP contribution is -2.39. The highest BCUT2D eigenvalue weighted by Crippen LogP contribution is 2.42. The second-order valence-electron chi connectivity index (χ2n) is 6.51. The molecule has 4 rings (SSSR count). The number of hydrogen-bond acceptors (Lipinski definition) is 6. The molecule has 0 radical (unpaired) electrons. The molecule has 7 nitrogen and oxygen atoms in total. The molecule has 2 amide bonds. The number of carboxylic acid groups (broad SMARTS) is 1. The molecule has 31 heavy (non-hydrogen) atoms. The van der Waals surface area contributed by atoms with Crippen LogP contribution in [0.3, 0.4) is 0 Å². The standard InChI is InChI=1S/C20H12F3N3O4S/c21-20(22,23)10-4-3-5-11(8-10)24-19-25-17(29)16(31-19)15-12-6-1-2-7-13(12)26(18(15)30)9-14(27)28/h1-8H,9H2,(H,27,28)(H,24,25,29)/p-1/b16-15-. The first kappa shape index (κ1) is 20.7. The van der Waals surface area contributed by atoms with Crippen LogP contribution in [0.5, 0.6) is 0 Å². The highest BCUT2D eigenvalue weighted by Gasteiger charge is 2.39. The molecule has 2 aromatic carbocycles. The number of carbonyl (C=O) groups excluding carboxylic acids is 3. The van der Waals surface area contributed by atoms with Crippen LogP contribution in [0, 0.1) is 0 Å². The first-order valence-corrected chi connectivity index (χ1v) is 9.57. The molecule has 0 atom stereocenters. The molecule has 0 aliphatic carbocycles. The van der Waals surface area contributed by atoms with Gasteiger partial charge in [-0.1, -0.05) is 24.3 Å². The molecular weight excluding hydrogens is 435 g/mol. The second kappa shape index (κ2) is 7.58. The van der Waals surface area contributed by atoms with Crippen molar-refractivity contribution in [3.63, 3.8) is 0 Å². The molecule has 1 fully saturated rings. The Morgan fingerprint density at radius 3 is 2.58 bits per heavy atom. The molecule has 2 aliphatic heterocycles. The van der Waals surface area contributed by atoms with Crippen LogP contribution in [0.15, 0.2) is 58.4 Å². The number of thioether (sulfide) groups is 1. The van der Waals surface area contributed by atoms with Crippen LogP contribution in [0.25, 0.3) is 5.57 Å². The molecule has 1 N–H and O–H groups in total. The van der Waals surface area contributed by atoms with Crippen LogP contribution in [0.4, 0.5) is 24.5 Å². The van der Waals surface area contributed by atoms with E-state index in [1.807, 2.05) is 0 Å². The number of fused-ring (bicyclic) bond motifs is 1. The van der Waals surface area contributed by atoms with Gasteiger partial charge in [-0.05, 0) is 36.0 Å². The van der Waals surface area contributed by atoms with E-state index in [4.69, 9.17) is 0 Å². The Hall–Kier alpha value is -3.60. The molecule has 11 heteroatoms. The fraction of sp³-hybridized carbons (Fsp3) is 0.100. The molecule has 2 aromatic rings. The number of aliphatic imine (C=N–C) groups is 1. The highest BCUT2D eigenvalue weighted by molar-refractivity contribution is 8.18. The van der Waals surface area contributed by atoms with Gasteiger partial charge in [0.25, 0.3) is 11.8 Å². The van der Waals surface area contributed by atoms with Gasteiger partial charge in [0.15, 0.2) is 5.17 Å². The van der Waals surface area contributed by atoms with E-state index in [-0.39, 0.29) is 21.3 Å². The Labute approximate surface area is 177 Å². The number of hydrogen-bond donors (Lipinski definition) is 1. The SMILES string of the molecule is O=C([O-])CN1C(=O)/C(=C2\SC(=Nc3cccc(C(F)(F)F)c3)NC2=O)c2ccccc21. The number of aliphatic carboxylic acids is 1. The predicted molar refractivity (Wildman–Crippen MR) is 105 cm³/mol. The van der Waals surface area contributed by atoms with E-state index >= 15 is 0 Å². The van der Waals surface area contributed by atoms with Crippen LogP contribution < -0.4 is 15.3 Å². The number of carbonyl (C=O) groups is 3. The Kier molecular flexibility index (Phi) is 5.05. The average molecular weight is 446 g/mol. The van der Waals surface area contributed by atoms with Gasteiger partial charge in [-0.25, -0.2) is 4.99 Å². The third kappa shape index (κ3) is 3.91. The van der Waals surface area contributed by atoms with Gasteiger partial charge in [0.2, 0.25) is 0 Å². The van der Waals surface area contributed by atoms with Crippen molar-refractivity contribution in [2.45, 2.75) is 6.18 Å². The fourth-order valence-corrected chi connectivity index (χ4v) is 4.12. The minimum atomic E-state index is -4.54. The lowest BCUT2D eigenvalue weighted by molar-refractivity contribution is -0.303. The number of amidine groups is 1. The number of nitrogens with one attached hydrogen (secondary N) is 1. The van der Waals surface area contributed by atoms with Crippen molar-refractivity contribution < 1.29 is 32.7 Å². The Bertz CT molecular complexity index is 1190. The Morgan fingerprint density at radius 1 is 1.13 bits per heavy atom. The average Bonchev–Trinajstić information content (AvgIpc) is 3.18. The first-order chi connectivity index (χ1) is 14.6. The van der Waals surface area contributed by atoms with E-state index < -0.39 is 36.1 Å². The third-order valence-corrected chi connectivity index (χ3v) is 5.45. The first-order valence-electron chi connectivity index (χ1n) is 8.75. The number of para-hydroxylation sites is 1. The zero-order chi connectivity index (χ0) is 22.3. The number of benzene rings is 2. The minimum absolute atomic E-state index is 0.00421. The van der Waals surface area contributed by atoms with E-state index in [0.717, 1.165) is 28.8 Å². The van der Waals surface area contributed by atoms with Gasteiger partial charge < -0.3 is 20.1 Å². The van der Waals surface area contributed by atoms with E-state index in [1.165, 1.54) is 12.1 Å². The smallest absolute Gasteiger partial charge is 0.416 e. The molecule has 0 aromatic heterocycles. The summed E-state index contributed by atoms with van der Waals surface area (Å²) in [7, 11) is 0. The lowest BCUT2D eigenvalue weighted by Gasteiger charge is -2.17. The van der Waals surface area contributed by atoms with Crippen molar-refractivity contribution in [2.75, 3.05) is 11.4 Å². The van der Waals surface area contributed by atoms with Crippen LogP contribution in [-0.4, -0.2) is 29.5 Å². The summed E-state index contributed by atoms with van der Waals surface area (Å²) in [6.07, 6.45) is -4.54. The summed E-state index contributed by atoms with van der Waals surface area (Å²) in [4.78, 5) is 41.4. The maximum absolute atomic E-state index is 12.9. The quantitative estimate of drug-likeness (QED) is 0.728. The van der Waals surface area contributed by atoms with Gasteiger partial charge in [0.05, 0.1) is 39.9 Å². The highest BCUT2D eigenvalue weighted by atomic mass is 32.2. The number of carboxylic acids is 1. The van der Waals surface area contributed by atoms with Crippen molar-refractivity contribution in [3.05, 3.63) is 64.6 Å². The van der Waals surface area contributed by atoms with Gasteiger partial charge in [0.1, 0.15) is 0 Å². The molecule has 2 aliphatic rings. The molecule has 0 spiro atoms. The van der Waals surface area contributed by atoms with E-state index in [1.54, 1.807) is 24.3 Å². The largest absolute Gasteiger partial charge is 0.548 e. The van der Waals surface area contributed by atoms with Crippen molar-refractivity contribution >= 4 is 51.7 Å². The van der Waals surface area contributed by atoms with Crippen molar-refractivity contribution in [1.82, 2.24) is 5.32 Å². The summed E-state index contributed by atoms with van der Waals surface area (Å²) in [5.74, 6) is -2.82. The lowest BCUT2D eigenvalue weighted by atomic mass is 10.1. The monoisotopic (exact) mass is 446 g/mol. The maximum atomic E-state index is 12.9. The van der Waals surface area contributed by atoms with Crippen LogP contribution in [0.2, 0.25) is 0 Å². The number of nitrogens with zero attached hydrogens (tertiary/aromatic N) is 2. The number of halogens is 3. The summed E-state index contributed by atoms with van der Waals surface area (Å²) in [6.45, 7) is -0.690. The zero-order valence-electron chi connectivity index (χ0n) is 15.4. The molecule has 158 valence electrons. The molecule has 0 bridgehead atoms.